The van der Waals surface area contributed by atoms with Gasteiger partial charge in [0, 0.05) is 31.2 Å². The minimum absolute atomic E-state index is 0.622. The number of likely N-dealkylation sites (N-methyl/N-ethyl adjacent to an activating group) is 1. The zero-order valence-electron chi connectivity index (χ0n) is 12.7. The second kappa shape index (κ2) is 5.74. The van der Waals surface area contributed by atoms with Crippen LogP contribution in [-0.4, -0.2) is 54.6 Å². The molecule has 2 rings (SSSR count). The first-order chi connectivity index (χ1) is 9.02. The minimum atomic E-state index is 0.622. The molecule has 5 nitrogen and oxygen atoms in total. The van der Waals surface area contributed by atoms with Crippen molar-refractivity contribution in [2.24, 2.45) is 0 Å². The van der Waals surface area contributed by atoms with Crippen molar-refractivity contribution in [2.45, 2.75) is 33.2 Å². The highest BCUT2D eigenvalue weighted by atomic mass is 15.3. The first-order valence-electron chi connectivity index (χ1n) is 7.03. The summed E-state index contributed by atoms with van der Waals surface area (Å²) in [4.78, 5) is 13.8. The quantitative estimate of drug-likeness (QED) is 0.895. The summed E-state index contributed by atoms with van der Waals surface area (Å²) in [6, 6.07) is 0.622. The van der Waals surface area contributed by atoms with Gasteiger partial charge in [-0.2, -0.15) is 0 Å². The molecule has 0 spiro atoms. The molecule has 1 aromatic heterocycles. The molecule has 1 unspecified atom stereocenters. The Labute approximate surface area is 116 Å². The van der Waals surface area contributed by atoms with Crippen molar-refractivity contribution < 1.29 is 0 Å². The van der Waals surface area contributed by atoms with E-state index in [9.17, 15) is 0 Å². The lowest BCUT2D eigenvalue weighted by atomic mass is 10.2. The smallest absolute Gasteiger partial charge is 0.137 e. The molecular formula is C14H25N5. The van der Waals surface area contributed by atoms with Gasteiger partial charge in [0.05, 0.1) is 0 Å². The Morgan fingerprint density at radius 3 is 2.63 bits per heavy atom. The van der Waals surface area contributed by atoms with E-state index in [1.165, 1.54) is 6.42 Å². The molecule has 1 fully saturated rings. The van der Waals surface area contributed by atoms with Crippen molar-refractivity contribution in [1.29, 1.82) is 0 Å². The van der Waals surface area contributed by atoms with E-state index in [0.29, 0.717) is 6.04 Å². The zero-order valence-corrected chi connectivity index (χ0v) is 12.7. The molecule has 106 valence electrons. The maximum Gasteiger partial charge on any atom is 0.137 e. The molecule has 1 aliphatic heterocycles. The highest BCUT2D eigenvalue weighted by Gasteiger charge is 2.26. The Kier molecular flexibility index (Phi) is 4.24. The number of anilines is 2. The molecule has 0 radical (unpaired) electrons. The molecular weight excluding hydrogens is 238 g/mol. The van der Waals surface area contributed by atoms with Crippen LogP contribution in [0.15, 0.2) is 0 Å². The normalized spacial score (nSPS) is 19.3. The third kappa shape index (κ3) is 2.97. The van der Waals surface area contributed by atoms with Crippen LogP contribution in [0, 0.1) is 13.8 Å². The van der Waals surface area contributed by atoms with Crippen LogP contribution in [0.25, 0.3) is 0 Å². The van der Waals surface area contributed by atoms with Gasteiger partial charge in [0.1, 0.15) is 17.5 Å². The van der Waals surface area contributed by atoms with E-state index < -0.39 is 0 Å². The van der Waals surface area contributed by atoms with Gasteiger partial charge in [-0.05, 0) is 41.3 Å². The fraction of sp³-hybridized carbons (Fsp3) is 0.714. The standard InChI is InChI=1S/C14H25N5/c1-6-15-13-10(2)14(17-11(3)16-13)19-8-7-12(9-19)18(4)5/h12H,6-9H2,1-5H3,(H,15,16,17). The summed E-state index contributed by atoms with van der Waals surface area (Å²) in [5.41, 5.74) is 1.16. The molecule has 1 aliphatic rings. The molecule has 0 bridgehead atoms. The summed E-state index contributed by atoms with van der Waals surface area (Å²) >= 11 is 0. The van der Waals surface area contributed by atoms with E-state index in [-0.39, 0.29) is 0 Å². The average molecular weight is 263 g/mol. The molecule has 19 heavy (non-hydrogen) atoms. The highest BCUT2D eigenvalue weighted by molar-refractivity contribution is 5.59. The second-order valence-electron chi connectivity index (χ2n) is 5.45. The summed E-state index contributed by atoms with van der Waals surface area (Å²) in [5.74, 6) is 2.90. The number of aryl methyl sites for hydroxylation is 1. The third-order valence-corrected chi connectivity index (χ3v) is 3.77. The van der Waals surface area contributed by atoms with Crippen molar-refractivity contribution in [3.05, 3.63) is 11.4 Å². The lowest BCUT2D eigenvalue weighted by Gasteiger charge is -2.23. The molecule has 1 N–H and O–H groups in total. The lowest BCUT2D eigenvalue weighted by molar-refractivity contribution is 0.315. The Morgan fingerprint density at radius 2 is 2.05 bits per heavy atom. The molecule has 5 heteroatoms. The number of hydrogen-bond acceptors (Lipinski definition) is 5. The van der Waals surface area contributed by atoms with Gasteiger partial charge < -0.3 is 15.1 Å². The molecule has 1 saturated heterocycles. The van der Waals surface area contributed by atoms with E-state index in [1.54, 1.807) is 0 Å². The van der Waals surface area contributed by atoms with Gasteiger partial charge in [0.25, 0.3) is 0 Å². The summed E-state index contributed by atoms with van der Waals surface area (Å²) < 4.78 is 0. The Morgan fingerprint density at radius 1 is 1.32 bits per heavy atom. The van der Waals surface area contributed by atoms with E-state index in [4.69, 9.17) is 0 Å². The molecule has 1 aromatic rings. The van der Waals surface area contributed by atoms with Crippen molar-refractivity contribution in [3.8, 4) is 0 Å². The molecule has 0 aliphatic carbocycles. The average Bonchev–Trinajstić information content (AvgIpc) is 2.83. The van der Waals surface area contributed by atoms with Gasteiger partial charge in [-0.3, -0.25) is 0 Å². The Balaban J connectivity index is 2.25. The van der Waals surface area contributed by atoms with Crippen LogP contribution in [0.1, 0.15) is 24.7 Å². The van der Waals surface area contributed by atoms with E-state index in [0.717, 1.165) is 42.7 Å². The minimum Gasteiger partial charge on any atom is -0.370 e. The van der Waals surface area contributed by atoms with Crippen molar-refractivity contribution in [3.63, 3.8) is 0 Å². The summed E-state index contributed by atoms with van der Waals surface area (Å²) in [6.45, 7) is 9.17. The van der Waals surface area contributed by atoms with Crippen LogP contribution in [0.4, 0.5) is 11.6 Å². The predicted molar refractivity (Wildman–Crippen MR) is 80.0 cm³/mol. The summed E-state index contributed by atoms with van der Waals surface area (Å²) in [6.07, 6.45) is 1.20. The number of hydrogen-bond donors (Lipinski definition) is 1. The fourth-order valence-electron chi connectivity index (χ4n) is 2.62. The van der Waals surface area contributed by atoms with Gasteiger partial charge in [-0.1, -0.05) is 0 Å². The SMILES string of the molecule is CCNc1nc(C)nc(N2CCC(N(C)C)C2)c1C. The van der Waals surface area contributed by atoms with Gasteiger partial charge >= 0.3 is 0 Å². The molecule has 0 aromatic carbocycles. The van der Waals surface area contributed by atoms with Crippen molar-refractivity contribution in [2.75, 3.05) is 43.9 Å². The maximum absolute atomic E-state index is 4.65. The summed E-state index contributed by atoms with van der Waals surface area (Å²) in [7, 11) is 4.30. The van der Waals surface area contributed by atoms with E-state index >= 15 is 0 Å². The topological polar surface area (TPSA) is 44.3 Å². The van der Waals surface area contributed by atoms with Crippen LogP contribution in [0.2, 0.25) is 0 Å². The van der Waals surface area contributed by atoms with Gasteiger partial charge in [0.15, 0.2) is 0 Å². The van der Waals surface area contributed by atoms with Crippen LogP contribution in [0.5, 0.6) is 0 Å². The first-order valence-corrected chi connectivity index (χ1v) is 7.03. The van der Waals surface area contributed by atoms with Crippen LogP contribution < -0.4 is 10.2 Å². The number of nitrogens with zero attached hydrogens (tertiary/aromatic N) is 4. The third-order valence-electron chi connectivity index (χ3n) is 3.77. The number of aromatic nitrogens is 2. The second-order valence-corrected chi connectivity index (χ2v) is 5.45. The number of nitrogens with one attached hydrogen (secondary N) is 1. The molecule has 2 heterocycles. The molecule has 1 atom stereocenters. The van der Waals surface area contributed by atoms with Crippen molar-refractivity contribution in [1.82, 2.24) is 14.9 Å². The number of rotatable bonds is 4. The first kappa shape index (κ1) is 14.1. The van der Waals surface area contributed by atoms with Crippen LogP contribution in [-0.2, 0) is 0 Å². The summed E-state index contributed by atoms with van der Waals surface area (Å²) in [5, 5.41) is 3.33. The monoisotopic (exact) mass is 263 g/mol. The van der Waals surface area contributed by atoms with Gasteiger partial charge in [-0.25, -0.2) is 9.97 Å². The van der Waals surface area contributed by atoms with Gasteiger partial charge in [-0.15, -0.1) is 0 Å². The highest BCUT2D eigenvalue weighted by Crippen LogP contribution is 2.27. The molecule has 0 amide bonds. The van der Waals surface area contributed by atoms with Crippen LogP contribution in [0.3, 0.4) is 0 Å². The predicted octanol–water partition coefficient (Wildman–Crippen LogP) is 1.67. The van der Waals surface area contributed by atoms with Crippen LogP contribution >= 0.6 is 0 Å². The fourth-order valence-corrected chi connectivity index (χ4v) is 2.62. The maximum atomic E-state index is 4.65. The van der Waals surface area contributed by atoms with E-state index in [1.807, 2.05) is 6.92 Å². The van der Waals surface area contributed by atoms with Crippen molar-refractivity contribution >= 4 is 11.6 Å². The lowest BCUT2D eigenvalue weighted by Crippen LogP contribution is -2.32. The Hall–Kier alpha value is -1.36. The largest absolute Gasteiger partial charge is 0.370 e. The zero-order chi connectivity index (χ0) is 14.0. The molecule has 0 saturated carbocycles. The van der Waals surface area contributed by atoms with Gasteiger partial charge in [0.2, 0.25) is 0 Å². The Bertz CT molecular complexity index is 444. The van der Waals surface area contributed by atoms with E-state index in [2.05, 4.69) is 53.0 Å².